The fourth-order valence-corrected chi connectivity index (χ4v) is 3.38. The Hall–Kier alpha value is -2.83. The zero-order valence-electron chi connectivity index (χ0n) is 15.9. The standard InChI is InChI=1S/C22H19ClN2O3S/c1-14-10-11-16(13-18(14)23)25-20(26)19(15-7-4-3-5-8-15)28-22(27)17-9-6-12-24-21(17)29-2/h3-13,19H,1-2H3,(H,25,26)/t19-/m0/s1. The number of halogens is 1. The maximum atomic E-state index is 13.0. The van der Waals surface area contributed by atoms with Crippen LogP contribution in [0.15, 0.2) is 71.9 Å². The first kappa shape index (κ1) is 20.9. The maximum Gasteiger partial charge on any atom is 0.342 e. The van der Waals surface area contributed by atoms with Gasteiger partial charge in [-0.05, 0) is 43.0 Å². The van der Waals surface area contributed by atoms with Gasteiger partial charge in [-0.15, -0.1) is 11.8 Å². The van der Waals surface area contributed by atoms with Crippen LogP contribution in [-0.2, 0) is 9.53 Å². The summed E-state index contributed by atoms with van der Waals surface area (Å²) in [6, 6.07) is 17.4. The Bertz CT molecular complexity index is 1030. The predicted octanol–water partition coefficient (Wildman–Crippen LogP) is 5.30. The van der Waals surface area contributed by atoms with Gasteiger partial charge in [0, 0.05) is 22.5 Å². The van der Waals surface area contributed by atoms with Crippen molar-refractivity contribution in [1.29, 1.82) is 0 Å². The van der Waals surface area contributed by atoms with Crippen molar-refractivity contribution in [1.82, 2.24) is 4.98 Å². The molecule has 0 aliphatic heterocycles. The van der Waals surface area contributed by atoms with Crippen molar-refractivity contribution in [3.8, 4) is 0 Å². The molecule has 0 saturated heterocycles. The van der Waals surface area contributed by atoms with E-state index in [4.69, 9.17) is 16.3 Å². The zero-order chi connectivity index (χ0) is 20.8. The summed E-state index contributed by atoms with van der Waals surface area (Å²) >= 11 is 7.48. The lowest BCUT2D eigenvalue weighted by Gasteiger charge is -2.19. The van der Waals surface area contributed by atoms with Crippen molar-refractivity contribution < 1.29 is 14.3 Å². The number of hydrogen-bond donors (Lipinski definition) is 1. The number of aryl methyl sites for hydroxylation is 1. The van der Waals surface area contributed by atoms with E-state index in [2.05, 4.69) is 10.3 Å². The summed E-state index contributed by atoms with van der Waals surface area (Å²) in [5, 5.41) is 3.85. The minimum atomic E-state index is -1.13. The third-order valence-corrected chi connectivity index (χ3v) is 5.31. The second kappa shape index (κ2) is 9.58. The lowest BCUT2D eigenvalue weighted by Crippen LogP contribution is -2.26. The number of amides is 1. The van der Waals surface area contributed by atoms with E-state index in [-0.39, 0.29) is 0 Å². The van der Waals surface area contributed by atoms with Crippen LogP contribution in [0.25, 0.3) is 0 Å². The van der Waals surface area contributed by atoms with Gasteiger partial charge in [0.2, 0.25) is 6.10 Å². The Balaban J connectivity index is 1.87. The molecule has 29 heavy (non-hydrogen) atoms. The van der Waals surface area contributed by atoms with Crippen LogP contribution in [0, 0.1) is 6.92 Å². The number of ether oxygens (including phenoxy) is 1. The van der Waals surface area contributed by atoms with Crippen LogP contribution in [0.3, 0.4) is 0 Å². The number of aromatic nitrogens is 1. The molecule has 0 saturated carbocycles. The summed E-state index contributed by atoms with van der Waals surface area (Å²) in [5.74, 6) is -1.09. The fourth-order valence-electron chi connectivity index (χ4n) is 2.66. The Morgan fingerprint density at radius 3 is 2.55 bits per heavy atom. The lowest BCUT2D eigenvalue weighted by atomic mass is 10.1. The zero-order valence-corrected chi connectivity index (χ0v) is 17.5. The highest BCUT2D eigenvalue weighted by Gasteiger charge is 2.27. The summed E-state index contributed by atoms with van der Waals surface area (Å²) in [6.45, 7) is 1.87. The Morgan fingerprint density at radius 2 is 1.86 bits per heavy atom. The number of carbonyl (C=O) groups excluding carboxylic acids is 2. The number of hydrogen-bond acceptors (Lipinski definition) is 5. The van der Waals surface area contributed by atoms with Crippen LogP contribution < -0.4 is 5.32 Å². The monoisotopic (exact) mass is 426 g/mol. The highest BCUT2D eigenvalue weighted by atomic mass is 35.5. The molecule has 0 aliphatic carbocycles. The molecule has 5 nitrogen and oxygen atoms in total. The summed E-state index contributed by atoms with van der Waals surface area (Å²) in [5.41, 5.74) is 2.30. The van der Waals surface area contributed by atoms with Crippen LogP contribution in [-0.4, -0.2) is 23.1 Å². The molecule has 2 aromatic carbocycles. The number of nitrogens with one attached hydrogen (secondary N) is 1. The smallest absolute Gasteiger partial charge is 0.342 e. The number of nitrogens with zero attached hydrogens (tertiary/aromatic N) is 1. The topological polar surface area (TPSA) is 68.3 Å². The van der Waals surface area contributed by atoms with Gasteiger partial charge in [-0.3, -0.25) is 4.79 Å². The maximum absolute atomic E-state index is 13.0. The number of rotatable bonds is 6. The van der Waals surface area contributed by atoms with E-state index in [0.717, 1.165) is 5.56 Å². The van der Waals surface area contributed by atoms with E-state index >= 15 is 0 Å². The minimum Gasteiger partial charge on any atom is -0.444 e. The number of anilines is 1. The van der Waals surface area contributed by atoms with Crippen molar-refractivity contribution in [2.75, 3.05) is 11.6 Å². The second-order valence-corrected chi connectivity index (χ2v) is 7.41. The first-order valence-corrected chi connectivity index (χ1v) is 10.4. The Labute approximate surface area is 178 Å². The van der Waals surface area contributed by atoms with Crippen LogP contribution >= 0.6 is 23.4 Å². The van der Waals surface area contributed by atoms with Gasteiger partial charge < -0.3 is 10.1 Å². The SMILES string of the molecule is CSc1ncccc1C(=O)O[C@H](C(=O)Nc1ccc(C)c(Cl)c1)c1ccccc1. The largest absolute Gasteiger partial charge is 0.444 e. The molecule has 0 bridgehead atoms. The number of benzene rings is 2. The van der Waals surface area contributed by atoms with E-state index < -0.39 is 18.0 Å². The number of thioether (sulfide) groups is 1. The summed E-state index contributed by atoms with van der Waals surface area (Å²) in [7, 11) is 0. The molecule has 1 heterocycles. The summed E-state index contributed by atoms with van der Waals surface area (Å²) < 4.78 is 5.62. The molecule has 7 heteroatoms. The molecule has 3 aromatic rings. The van der Waals surface area contributed by atoms with Gasteiger partial charge in [0.25, 0.3) is 5.91 Å². The van der Waals surface area contributed by atoms with Crippen LogP contribution in [0.2, 0.25) is 5.02 Å². The number of pyridine rings is 1. The molecule has 0 spiro atoms. The van der Waals surface area contributed by atoms with Gasteiger partial charge >= 0.3 is 5.97 Å². The molecule has 148 valence electrons. The van der Waals surface area contributed by atoms with Gasteiger partial charge in [-0.2, -0.15) is 0 Å². The van der Waals surface area contributed by atoms with Crippen LogP contribution in [0.1, 0.15) is 27.6 Å². The molecule has 1 atom stereocenters. The van der Waals surface area contributed by atoms with Crippen molar-refractivity contribution in [2.24, 2.45) is 0 Å². The average Bonchev–Trinajstić information content (AvgIpc) is 2.75. The summed E-state index contributed by atoms with van der Waals surface area (Å²) in [4.78, 5) is 29.9. The first-order valence-electron chi connectivity index (χ1n) is 8.81. The molecule has 3 rings (SSSR count). The number of carbonyl (C=O) groups is 2. The molecule has 0 fully saturated rings. The predicted molar refractivity (Wildman–Crippen MR) is 115 cm³/mol. The van der Waals surface area contributed by atoms with E-state index in [1.165, 1.54) is 11.8 Å². The third kappa shape index (κ3) is 5.16. The van der Waals surface area contributed by atoms with Gasteiger partial charge in [0.15, 0.2) is 0 Å². The first-order chi connectivity index (χ1) is 14.0. The molecule has 0 unspecified atom stereocenters. The molecule has 1 aromatic heterocycles. The van der Waals surface area contributed by atoms with E-state index in [9.17, 15) is 9.59 Å². The van der Waals surface area contributed by atoms with E-state index in [1.54, 1.807) is 54.7 Å². The molecule has 1 N–H and O–H groups in total. The van der Waals surface area contributed by atoms with Crippen LogP contribution in [0.5, 0.6) is 0 Å². The fraction of sp³-hybridized carbons (Fsp3) is 0.136. The molecule has 0 radical (unpaired) electrons. The highest BCUT2D eigenvalue weighted by Crippen LogP contribution is 2.26. The van der Waals surface area contributed by atoms with Crippen molar-refractivity contribution in [3.05, 3.63) is 88.6 Å². The van der Waals surface area contributed by atoms with E-state index in [0.29, 0.717) is 26.9 Å². The summed E-state index contributed by atoms with van der Waals surface area (Å²) in [6.07, 6.45) is 2.30. The molecule has 1 amide bonds. The highest BCUT2D eigenvalue weighted by molar-refractivity contribution is 7.98. The van der Waals surface area contributed by atoms with Crippen molar-refractivity contribution in [3.63, 3.8) is 0 Å². The van der Waals surface area contributed by atoms with E-state index in [1.807, 2.05) is 25.3 Å². The van der Waals surface area contributed by atoms with Crippen molar-refractivity contribution in [2.45, 2.75) is 18.1 Å². The number of esters is 1. The quantitative estimate of drug-likeness (QED) is 0.427. The van der Waals surface area contributed by atoms with Gasteiger partial charge in [0.05, 0.1) is 5.56 Å². The second-order valence-electron chi connectivity index (χ2n) is 6.21. The average molecular weight is 427 g/mol. The Kier molecular flexibility index (Phi) is 6.90. The van der Waals surface area contributed by atoms with Crippen LogP contribution in [0.4, 0.5) is 5.69 Å². The van der Waals surface area contributed by atoms with Gasteiger partial charge in [0.1, 0.15) is 5.03 Å². The molecular formula is C22H19ClN2O3S. The van der Waals surface area contributed by atoms with Gasteiger partial charge in [-0.25, -0.2) is 9.78 Å². The van der Waals surface area contributed by atoms with Crippen molar-refractivity contribution >= 4 is 40.9 Å². The minimum absolute atomic E-state index is 0.312. The normalized spacial score (nSPS) is 11.6. The molecular weight excluding hydrogens is 408 g/mol. The lowest BCUT2D eigenvalue weighted by molar-refractivity contribution is -0.125. The Morgan fingerprint density at radius 1 is 1.10 bits per heavy atom. The molecule has 0 aliphatic rings. The van der Waals surface area contributed by atoms with Gasteiger partial charge in [-0.1, -0.05) is 48.0 Å². The third-order valence-electron chi connectivity index (χ3n) is 4.19.